The molecule has 0 amide bonds. The summed E-state index contributed by atoms with van der Waals surface area (Å²) >= 11 is 12.2. The van der Waals surface area contributed by atoms with Gasteiger partial charge in [0.25, 0.3) is 0 Å². The summed E-state index contributed by atoms with van der Waals surface area (Å²) in [6.07, 6.45) is 0. The largest absolute Gasteiger partial charge is 0.456 e. The molecule has 0 aromatic heterocycles. The molecule has 0 radical (unpaired) electrons. The molecule has 0 aliphatic rings. The second kappa shape index (κ2) is 6.24. The Morgan fingerprint density at radius 2 is 1.90 bits per heavy atom. The van der Waals surface area contributed by atoms with E-state index in [9.17, 15) is 9.18 Å². The molecule has 0 saturated carbocycles. The van der Waals surface area contributed by atoms with Crippen molar-refractivity contribution in [2.24, 2.45) is 0 Å². The number of ether oxygens (including phenoxy) is 1. The fourth-order valence-corrected chi connectivity index (χ4v) is 2.91. The molecular weight excluding hydrogens is 414 g/mol. The molecule has 2 rings (SSSR count). The molecule has 2 aromatic rings. The lowest BCUT2D eigenvalue weighted by Gasteiger charge is -2.10. The zero-order valence-electron chi connectivity index (χ0n) is 10.2. The molecule has 0 fully saturated rings. The number of hydrogen-bond donors (Lipinski definition) is 0. The minimum Gasteiger partial charge on any atom is -0.456 e. The maximum absolute atomic E-state index is 13.4. The zero-order valence-corrected chi connectivity index (χ0v) is 14.1. The number of Topliss-reactive ketones (excluding diaryl/α,β-unsaturated/α-hetero) is 1. The standard InChI is InChI=1S/C14H8Br2ClFO2/c1-7(19)9-3-2-8(4-10(9)15)20-14-6-13(18)12(17)5-11(14)16/h2-6H,1H3. The van der Waals surface area contributed by atoms with Crippen molar-refractivity contribution in [3.63, 3.8) is 0 Å². The van der Waals surface area contributed by atoms with Crippen molar-refractivity contribution < 1.29 is 13.9 Å². The smallest absolute Gasteiger partial charge is 0.160 e. The molecule has 6 heteroatoms. The van der Waals surface area contributed by atoms with Crippen LogP contribution in [0.15, 0.2) is 39.3 Å². The summed E-state index contributed by atoms with van der Waals surface area (Å²) in [7, 11) is 0. The number of hydrogen-bond acceptors (Lipinski definition) is 2. The Balaban J connectivity index is 2.33. The Morgan fingerprint density at radius 1 is 1.20 bits per heavy atom. The predicted octanol–water partition coefficient (Wildman–Crippen LogP) is 6.00. The highest BCUT2D eigenvalue weighted by molar-refractivity contribution is 9.10. The van der Waals surface area contributed by atoms with Gasteiger partial charge in [0.05, 0.1) is 9.50 Å². The fraction of sp³-hybridized carbons (Fsp3) is 0.0714. The summed E-state index contributed by atoms with van der Waals surface area (Å²) in [6.45, 7) is 1.48. The zero-order chi connectivity index (χ0) is 14.9. The monoisotopic (exact) mass is 420 g/mol. The van der Waals surface area contributed by atoms with Gasteiger partial charge >= 0.3 is 0 Å². The average Bonchev–Trinajstić information content (AvgIpc) is 2.35. The van der Waals surface area contributed by atoms with Crippen LogP contribution in [0.3, 0.4) is 0 Å². The van der Waals surface area contributed by atoms with E-state index >= 15 is 0 Å². The van der Waals surface area contributed by atoms with Crippen molar-refractivity contribution in [2.45, 2.75) is 6.92 Å². The molecule has 2 nitrogen and oxygen atoms in total. The van der Waals surface area contributed by atoms with Crippen LogP contribution < -0.4 is 4.74 Å². The highest BCUT2D eigenvalue weighted by atomic mass is 79.9. The van der Waals surface area contributed by atoms with Crippen molar-refractivity contribution in [1.29, 1.82) is 0 Å². The van der Waals surface area contributed by atoms with Crippen molar-refractivity contribution >= 4 is 49.2 Å². The van der Waals surface area contributed by atoms with Crippen LogP contribution in [0.5, 0.6) is 11.5 Å². The second-order valence-electron chi connectivity index (χ2n) is 4.00. The number of ketones is 1. The van der Waals surface area contributed by atoms with Gasteiger partial charge in [-0.1, -0.05) is 11.6 Å². The molecule has 0 saturated heterocycles. The highest BCUT2D eigenvalue weighted by Gasteiger charge is 2.11. The SMILES string of the molecule is CC(=O)c1ccc(Oc2cc(F)c(Cl)cc2Br)cc1Br. The Labute approximate surface area is 137 Å². The molecule has 0 atom stereocenters. The van der Waals surface area contributed by atoms with Gasteiger partial charge in [-0.05, 0) is 63.0 Å². The third-order valence-corrected chi connectivity index (χ3v) is 4.09. The minimum absolute atomic E-state index is 0.0114. The molecule has 20 heavy (non-hydrogen) atoms. The van der Waals surface area contributed by atoms with E-state index in [1.54, 1.807) is 18.2 Å². The number of rotatable bonds is 3. The third-order valence-electron chi connectivity index (χ3n) is 2.52. The van der Waals surface area contributed by atoms with E-state index in [0.717, 1.165) is 0 Å². The van der Waals surface area contributed by atoms with Gasteiger partial charge in [0.1, 0.15) is 17.3 Å². The van der Waals surface area contributed by atoms with Crippen molar-refractivity contribution in [3.05, 3.63) is 55.7 Å². The molecular formula is C14H8Br2ClFO2. The Morgan fingerprint density at radius 3 is 2.50 bits per heavy atom. The molecule has 0 heterocycles. The van der Waals surface area contributed by atoms with Crippen molar-refractivity contribution in [2.75, 3.05) is 0 Å². The quantitative estimate of drug-likeness (QED) is 0.448. The lowest BCUT2D eigenvalue weighted by atomic mass is 10.1. The number of carbonyl (C=O) groups excluding carboxylic acids is 1. The number of carbonyl (C=O) groups is 1. The van der Waals surface area contributed by atoms with Crippen LogP contribution in [0.25, 0.3) is 0 Å². The van der Waals surface area contributed by atoms with Gasteiger partial charge in [0.2, 0.25) is 0 Å². The molecule has 104 valence electrons. The molecule has 0 spiro atoms. The lowest BCUT2D eigenvalue weighted by molar-refractivity contribution is 0.101. The first-order valence-corrected chi connectivity index (χ1v) is 7.47. The number of halogens is 4. The number of benzene rings is 2. The van der Waals surface area contributed by atoms with E-state index in [-0.39, 0.29) is 10.8 Å². The minimum atomic E-state index is -0.565. The van der Waals surface area contributed by atoms with E-state index in [1.165, 1.54) is 19.1 Å². The predicted molar refractivity (Wildman–Crippen MR) is 83.3 cm³/mol. The summed E-state index contributed by atoms with van der Waals surface area (Å²) in [6, 6.07) is 7.54. The van der Waals surface area contributed by atoms with Crippen LogP contribution in [0, 0.1) is 5.82 Å². The first-order valence-electron chi connectivity index (χ1n) is 5.51. The van der Waals surface area contributed by atoms with Crippen LogP contribution >= 0.6 is 43.5 Å². The van der Waals surface area contributed by atoms with Crippen LogP contribution in [0.2, 0.25) is 5.02 Å². The van der Waals surface area contributed by atoms with Crippen molar-refractivity contribution in [1.82, 2.24) is 0 Å². The Hall–Kier alpha value is -0.910. The van der Waals surface area contributed by atoms with Gasteiger partial charge in [-0.3, -0.25) is 4.79 Å². The molecule has 2 aromatic carbocycles. The van der Waals surface area contributed by atoms with Crippen LogP contribution in [0.1, 0.15) is 17.3 Å². The Bertz CT molecular complexity index is 689. The maximum atomic E-state index is 13.4. The topological polar surface area (TPSA) is 26.3 Å². The second-order valence-corrected chi connectivity index (χ2v) is 6.11. The van der Waals surface area contributed by atoms with E-state index in [4.69, 9.17) is 16.3 Å². The molecule has 0 aliphatic carbocycles. The van der Waals surface area contributed by atoms with Crippen LogP contribution in [-0.2, 0) is 0 Å². The third kappa shape index (κ3) is 3.40. The van der Waals surface area contributed by atoms with Gasteiger partial charge < -0.3 is 4.74 Å². The average molecular weight is 422 g/mol. The summed E-state index contributed by atoms with van der Waals surface area (Å²) in [4.78, 5) is 11.3. The maximum Gasteiger partial charge on any atom is 0.160 e. The molecule has 0 aliphatic heterocycles. The van der Waals surface area contributed by atoms with Gasteiger partial charge in [-0.25, -0.2) is 4.39 Å². The summed E-state index contributed by atoms with van der Waals surface area (Å²) < 4.78 is 20.2. The molecule has 0 unspecified atom stereocenters. The molecule has 0 N–H and O–H groups in total. The van der Waals surface area contributed by atoms with E-state index in [0.29, 0.717) is 26.0 Å². The first-order chi connectivity index (χ1) is 9.38. The fourth-order valence-electron chi connectivity index (χ4n) is 1.55. The van der Waals surface area contributed by atoms with Crippen LogP contribution in [0.4, 0.5) is 4.39 Å². The van der Waals surface area contributed by atoms with E-state index in [2.05, 4.69) is 31.9 Å². The van der Waals surface area contributed by atoms with Gasteiger partial charge in [-0.2, -0.15) is 0 Å². The lowest BCUT2D eigenvalue weighted by Crippen LogP contribution is -1.94. The van der Waals surface area contributed by atoms with Gasteiger partial charge in [0.15, 0.2) is 5.78 Å². The summed E-state index contributed by atoms with van der Waals surface area (Å²) in [5.41, 5.74) is 0.554. The first kappa shape index (κ1) is 15.5. The van der Waals surface area contributed by atoms with E-state index < -0.39 is 5.82 Å². The van der Waals surface area contributed by atoms with E-state index in [1.807, 2.05) is 0 Å². The highest BCUT2D eigenvalue weighted by Crippen LogP contribution is 2.35. The van der Waals surface area contributed by atoms with Crippen molar-refractivity contribution in [3.8, 4) is 11.5 Å². The Kier molecular flexibility index (Phi) is 4.83. The summed E-state index contributed by atoms with van der Waals surface area (Å²) in [5, 5.41) is 0.0114. The van der Waals surface area contributed by atoms with Crippen LogP contribution in [-0.4, -0.2) is 5.78 Å². The molecule has 0 bridgehead atoms. The summed E-state index contributed by atoms with van der Waals surface area (Å²) in [5.74, 6) is 0.158. The normalized spacial score (nSPS) is 10.4. The van der Waals surface area contributed by atoms with Gasteiger partial charge in [-0.15, -0.1) is 0 Å². The van der Waals surface area contributed by atoms with Gasteiger partial charge in [0, 0.05) is 16.1 Å².